The Bertz CT molecular complexity index is 1310. The second-order valence-corrected chi connectivity index (χ2v) is 8.91. The molecule has 3 aromatic rings. The van der Waals surface area contributed by atoms with Gasteiger partial charge in [-0.25, -0.2) is 4.98 Å². The van der Waals surface area contributed by atoms with Crippen LogP contribution in [0, 0.1) is 0 Å². The molecule has 36 heavy (non-hydrogen) atoms. The zero-order valence-electron chi connectivity index (χ0n) is 20.9. The van der Waals surface area contributed by atoms with E-state index in [9.17, 15) is 9.59 Å². The third-order valence-electron chi connectivity index (χ3n) is 6.76. The highest BCUT2D eigenvalue weighted by atomic mass is 16.5. The zero-order valence-corrected chi connectivity index (χ0v) is 20.9. The quantitative estimate of drug-likeness (QED) is 0.540. The molecule has 2 aliphatic heterocycles. The number of amides is 2. The number of pyridine rings is 1. The van der Waals surface area contributed by atoms with E-state index in [-0.39, 0.29) is 17.6 Å². The van der Waals surface area contributed by atoms with Gasteiger partial charge in [0.15, 0.2) is 0 Å². The van der Waals surface area contributed by atoms with Gasteiger partial charge >= 0.3 is 0 Å². The topological polar surface area (TPSA) is 103 Å². The molecule has 0 aliphatic carbocycles. The molecule has 1 fully saturated rings. The molecular formula is C26H30N6O4. The van der Waals surface area contributed by atoms with Gasteiger partial charge in [-0.05, 0) is 38.6 Å². The lowest BCUT2D eigenvalue weighted by molar-refractivity contribution is 0.0789. The van der Waals surface area contributed by atoms with Gasteiger partial charge in [-0.2, -0.15) is 0 Å². The fourth-order valence-electron chi connectivity index (χ4n) is 4.69. The minimum atomic E-state index is -0.235. The van der Waals surface area contributed by atoms with Gasteiger partial charge in [0.2, 0.25) is 5.76 Å². The maximum absolute atomic E-state index is 13.1. The Balaban J connectivity index is 1.43. The summed E-state index contributed by atoms with van der Waals surface area (Å²) in [6.45, 7) is 3.78. The molecule has 1 aromatic carbocycles. The molecule has 0 spiro atoms. The number of likely N-dealkylation sites (tertiary alicyclic amines) is 1. The summed E-state index contributed by atoms with van der Waals surface area (Å²) in [6, 6.07) is 9.39. The van der Waals surface area contributed by atoms with Crippen molar-refractivity contribution in [3.05, 3.63) is 54.1 Å². The molecule has 1 saturated heterocycles. The predicted octanol–water partition coefficient (Wildman–Crippen LogP) is 3.61. The summed E-state index contributed by atoms with van der Waals surface area (Å²) in [5.41, 5.74) is 3.42. The van der Waals surface area contributed by atoms with E-state index in [1.165, 1.54) is 11.2 Å². The van der Waals surface area contributed by atoms with Crippen LogP contribution in [0.3, 0.4) is 0 Å². The first-order valence-electron chi connectivity index (χ1n) is 12.0. The summed E-state index contributed by atoms with van der Waals surface area (Å²) in [4.78, 5) is 35.7. The molecule has 1 atom stereocenters. The minimum Gasteiger partial charge on any atom is -0.492 e. The van der Waals surface area contributed by atoms with Gasteiger partial charge in [0.1, 0.15) is 11.6 Å². The number of furan rings is 1. The van der Waals surface area contributed by atoms with Crippen molar-refractivity contribution in [3.8, 4) is 5.75 Å². The minimum absolute atomic E-state index is 0.00588. The number of anilines is 5. The highest BCUT2D eigenvalue weighted by Gasteiger charge is 2.31. The number of hydrogen-bond acceptors (Lipinski definition) is 8. The highest BCUT2D eigenvalue weighted by Crippen LogP contribution is 2.41. The largest absolute Gasteiger partial charge is 0.492 e. The van der Waals surface area contributed by atoms with Crippen molar-refractivity contribution in [2.75, 3.05) is 56.0 Å². The number of nitrogens with zero attached hydrogens (tertiary/aromatic N) is 4. The van der Waals surface area contributed by atoms with E-state index in [1.807, 2.05) is 43.0 Å². The van der Waals surface area contributed by atoms with E-state index in [0.29, 0.717) is 53.4 Å². The van der Waals surface area contributed by atoms with Crippen molar-refractivity contribution in [2.24, 2.45) is 0 Å². The van der Waals surface area contributed by atoms with Crippen LogP contribution in [0.25, 0.3) is 0 Å². The van der Waals surface area contributed by atoms with Gasteiger partial charge in [0.25, 0.3) is 11.8 Å². The number of likely N-dealkylation sites (N-methyl/N-ethyl adjacent to an activating group) is 1. The van der Waals surface area contributed by atoms with Crippen molar-refractivity contribution in [1.29, 1.82) is 0 Å². The first-order valence-corrected chi connectivity index (χ1v) is 12.0. The standard InChI is InChI=1S/C26H30N6O4/c1-5-35-22-12-16(25(33)32-10-8-17(15-32)27-2)6-7-18(22)29-23-13-20-21(14-28-23)31(4)26(34)24-19(30(20)3)9-11-36-24/h6-7,9,11-14,17,27H,5,8,10,15H2,1-4H3,(H,28,29)/t17-/m0/s1. The van der Waals surface area contributed by atoms with Crippen molar-refractivity contribution in [2.45, 2.75) is 19.4 Å². The molecule has 0 unspecified atom stereocenters. The average molecular weight is 491 g/mol. The molecule has 0 radical (unpaired) electrons. The number of carbonyl (C=O) groups is 2. The second kappa shape index (κ2) is 9.54. The second-order valence-electron chi connectivity index (χ2n) is 8.91. The molecule has 2 N–H and O–H groups in total. The number of carbonyl (C=O) groups excluding carboxylic acids is 2. The Labute approximate surface area is 209 Å². The van der Waals surface area contributed by atoms with E-state index >= 15 is 0 Å². The number of rotatable bonds is 6. The highest BCUT2D eigenvalue weighted by molar-refractivity contribution is 6.11. The van der Waals surface area contributed by atoms with Crippen LogP contribution >= 0.6 is 0 Å². The molecule has 2 aliphatic rings. The van der Waals surface area contributed by atoms with E-state index in [0.717, 1.165) is 18.7 Å². The smallest absolute Gasteiger partial charge is 0.296 e. The van der Waals surface area contributed by atoms with Crippen LogP contribution < -0.4 is 25.2 Å². The summed E-state index contributed by atoms with van der Waals surface area (Å²) in [5.74, 6) is 1.19. The van der Waals surface area contributed by atoms with Gasteiger partial charge in [-0.1, -0.05) is 0 Å². The molecule has 0 saturated carbocycles. The summed E-state index contributed by atoms with van der Waals surface area (Å²) in [7, 11) is 5.50. The average Bonchev–Trinajstić information content (AvgIpc) is 3.57. The maximum atomic E-state index is 13.1. The molecule has 0 bridgehead atoms. The van der Waals surface area contributed by atoms with Crippen LogP contribution in [0.4, 0.5) is 28.6 Å². The summed E-state index contributed by atoms with van der Waals surface area (Å²) >= 11 is 0. The maximum Gasteiger partial charge on any atom is 0.296 e. The fourth-order valence-corrected chi connectivity index (χ4v) is 4.69. The van der Waals surface area contributed by atoms with E-state index in [2.05, 4.69) is 15.6 Å². The molecule has 5 rings (SSSR count). The molecule has 2 amide bonds. The Morgan fingerprint density at radius 1 is 1.17 bits per heavy atom. The van der Waals surface area contributed by atoms with Crippen LogP contribution in [0.5, 0.6) is 5.75 Å². The molecular weight excluding hydrogens is 460 g/mol. The van der Waals surface area contributed by atoms with Gasteiger partial charge in [0.05, 0.1) is 41.8 Å². The number of nitrogens with one attached hydrogen (secondary N) is 2. The third-order valence-corrected chi connectivity index (χ3v) is 6.76. The SMILES string of the molecule is CCOc1cc(C(=O)N2CC[C@H](NC)C2)ccc1Nc1cc2c(cn1)N(C)C(=O)c1occc1N2C. The Morgan fingerprint density at radius 2 is 2.00 bits per heavy atom. The molecule has 2 aromatic heterocycles. The Kier molecular flexibility index (Phi) is 6.27. The van der Waals surface area contributed by atoms with E-state index < -0.39 is 0 Å². The normalized spacial score (nSPS) is 17.1. The van der Waals surface area contributed by atoms with E-state index in [4.69, 9.17) is 9.15 Å². The lowest BCUT2D eigenvalue weighted by Crippen LogP contribution is -2.33. The van der Waals surface area contributed by atoms with Crippen LogP contribution in [0.15, 0.2) is 47.2 Å². The zero-order chi connectivity index (χ0) is 25.4. The van der Waals surface area contributed by atoms with Crippen LogP contribution in [-0.4, -0.2) is 68.6 Å². The van der Waals surface area contributed by atoms with Crippen molar-refractivity contribution >= 4 is 40.4 Å². The van der Waals surface area contributed by atoms with E-state index in [1.54, 1.807) is 31.4 Å². The first-order chi connectivity index (χ1) is 17.4. The lowest BCUT2D eigenvalue weighted by Gasteiger charge is -2.22. The molecule has 10 nitrogen and oxygen atoms in total. The van der Waals surface area contributed by atoms with Gasteiger partial charge in [-0.15, -0.1) is 0 Å². The summed E-state index contributed by atoms with van der Waals surface area (Å²) < 4.78 is 11.3. The molecule has 188 valence electrons. The number of fused-ring (bicyclic) bond motifs is 2. The number of hydrogen-bond donors (Lipinski definition) is 2. The van der Waals surface area contributed by atoms with Crippen molar-refractivity contribution < 1.29 is 18.7 Å². The molecule has 10 heteroatoms. The monoisotopic (exact) mass is 490 g/mol. The Hall–Kier alpha value is -4.05. The van der Waals surface area contributed by atoms with Crippen molar-refractivity contribution in [3.63, 3.8) is 0 Å². The van der Waals surface area contributed by atoms with Gasteiger partial charge in [-0.3, -0.25) is 9.59 Å². The van der Waals surface area contributed by atoms with Gasteiger partial charge < -0.3 is 34.5 Å². The number of aromatic nitrogens is 1. The fraction of sp³-hybridized carbons (Fsp3) is 0.346. The third kappa shape index (κ3) is 4.13. The van der Waals surface area contributed by atoms with Crippen LogP contribution in [0.1, 0.15) is 34.3 Å². The number of benzene rings is 1. The predicted molar refractivity (Wildman–Crippen MR) is 138 cm³/mol. The lowest BCUT2D eigenvalue weighted by atomic mass is 10.1. The van der Waals surface area contributed by atoms with Crippen molar-refractivity contribution in [1.82, 2.24) is 15.2 Å². The number of ether oxygens (including phenoxy) is 1. The van der Waals surface area contributed by atoms with Crippen LogP contribution in [-0.2, 0) is 0 Å². The summed E-state index contributed by atoms with van der Waals surface area (Å²) in [5, 5.41) is 6.56. The Morgan fingerprint density at radius 3 is 2.75 bits per heavy atom. The van der Waals surface area contributed by atoms with Gasteiger partial charge in [0, 0.05) is 50.9 Å². The first kappa shape index (κ1) is 23.7. The summed E-state index contributed by atoms with van der Waals surface area (Å²) in [6.07, 6.45) is 4.11. The van der Waals surface area contributed by atoms with Crippen LogP contribution in [0.2, 0.25) is 0 Å². The molecule has 4 heterocycles.